The maximum Gasteiger partial charge on any atom is 0.352 e. The van der Waals surface area contributed by atoms with Gasteiger partial charge in [-0.25, -0.2) is 14.0 Å². The number of aromatic carboxylic acids is 1. The number of hydrogen-bond donors (Lipinski definition) is 1. The number of carboxylic acid groups (broad SMARTS) is 1. The molecule has 0 aliphatic rings. The maximum absolute atomic E-state index is 11.9. The molecular formula is C13H6Cl2N4O4. The van der Waals surface area contributed by atoms with Gasteiger partial charge in [-0.1, -0.05) is 23.2 Å². The third-order valence-corrected chi connectivity index (χ3v) is 3.75. The minimum atomic E-state index is -1.44. The molecule has 0 atom stereocenters. The van der Waals surface area contributed by atoms with Crippen molar-refractivity contribution < 1.29 is 14.3 Å². The lowest BCUT2D eigenvalue weighted by molar-refractivity contribution is 0.0692. The van der Waals surface area contributed by atoms with Crippen LogP contribution in [0, 0.1) is 18.3 Å². The van der Waals surface area contributed by atoms with E-state index in [1.165, 1.54) is 4.40 Å². The summed E-state index contributed by atoms with van der Waals surface area (Å²) in [4.78, 5) is 21.9. The zero-order valence-corrected chi connectivity index (χ0v) is 12.9. The fourth-order valence-corrected chi connectivity index (χ4v) is 2.57. The van der Waals surface area contributed by atoms with Gasteiger partial charge in [0.25, 0.3) is 0 Å². The fourth-order valence-electron chi connectivity index (χ4n) is 2.28. The number of carboxylic acids is 1. The van der Waals surface area contributed by atoms with Crippen molar-refractivity contribution in [2.24, 2.45) is 0 Å². The molecule has 3 aromatic rings. The van der Waals surface area contributed by atoms with E-state index in [2.05, 4.69) is 10.2 Å². The highest BCUT2D eigenvalue weighted by molar-refractivity contribution is 6.43. The van der Waals surface area contributed by atoms with Gasteiger partial charge in [0, 0.05) is 5.39 Å². The second-order valence-electron chi connectivity index (χ2n) is 4.60. The number of alkyl halides is 2. The van der Waals surface area contributed by atoms with Crippen LogP contribution in [0.5, 0.6) is 0 Å². The van der Waals surface area contributed by atoms with Gasteiger partial charge in [0.05, 0.1) is 0 Å². The summed E-state index contributed by atoms with van der Waals surface area (Å²) in [6, 6.07) is 3.11. The zero-order chi connectivity index (χ0) is 16.9. The van der Waals surface area contributed by atoms with Gasteiger partial charge in [0.1, 0.15) is 17.2 Å². The molecular weight excluding hydrogens is 347 g/mol. The summed E-state index contributed by atoms with van der Waals surface area (Å²) >= 11 is 11.7. The first-order valence-corrected chi connectivity index (χ1v) is 7.01. The average molecular weight is 353 g/mol. The van der Waals surface area contributed by atoms with Crippen LogP contribution in [0.2, 0.25) is 0 Å². The van der Waals surface area contributed by atoms with Gasteiger partial charge in [0.15, 0.2) is 16.3 Å². The number of fused-ring (bicyclic) bond motifs is 3. The molecule has 116 valence electrons. The van der Waals surface area contributed by atoms with Crippen molar-refractivity contribution in [2.75, 3.05) is 0 Å². The van der Waals surface area contributed by atoms with E-state index < -0.39 is 22.0 Å². The van der Waals surface area contributed by atoms with Gasteiger partial charge >= 0.3 is 11.6 Å². The first kappa shape index (κ1) is 15.3. The van der Waals surface area contributed by atoms with Crippen LogP contribution in [0.3, 0.4) is 0 Å². The van der Waals surface area contributed by atoms with Crippen LogP contribution in [0.25, 0.3) is 16.7 Å². The quantitative estimate of drug-likeness (QED) is 0.701. The highest BCUT2D eigenvalue weighted by Gasteiger charge is 2.23. The first-order chi connectivity index (χ1) is 10.9. The van der Waals surface area contributed by atoms with E-state index in [1.54, 1.807) is 6.92 Å². The average Bonchev–Trinajstić information content (AvgIpc) is 2.92. The summed E-state index contributed by atoms with van der Waals surface area (Å²) in [7, 11) is 0. The van der Waals surface area contributed by atoms with Gasteiger partial charge in [-0.05, 0) is 18.6 Å². The molecule has 0 fully saturated rings. The summed E-state index contributed by atoms with van der Waals surface area (Å²) in [5, 5.41) is 26.3. The maximum atomic E-state index is 11.9. The molecule has 8 nitrogen and oxygen atoms in total. The Kier molecular flexibility index (Phi) is 3.47. The van der Waals surface area contributed by atoms with Crippen molar-refractivity contribution in [1.82, 2.24) is 14.6 Å². The minimum Gasteiger partial charge on any atom is -0.477 e. The number of pyridine rings is 1. The molecule has 0 unspecified atom stereocenters. The molecule has 23 heavy (non-hydrogen) atoms. The van der Waals surface area contributed by atoms with Crippen LogP contribution in [0.15, 0.2) is 15.3 Å². The van der Waals surface area contributed by atoms with E-state index in [1.807, 2.05) is 6.07 Å². The fraction of sp³-hybridized carbons (Fsp3) is 0.154. The van der Waals surface area contributed by atoms with Crippen molar-refractivity contribution in [1.29, 1.82) is 5.26 Å². The molecule has 0 radical (unpaired) electrons. The molecule has 3 rings (SSSR count). The van der Waals surface area contributed by atoms with Gasteiger partial charge in [0.2, 0.25) is 5.71 Å². The molecule has 3 aromatic heterocycles. The van der Waals surface area contributed by atoms with E-state index in [-0.39, 0.29) is 28.1 Å². The summed E-state index contributed by atoms with van der Waals surface area (Å²) < 4.78 is 6.35. The molecule has 0 aliphatic carbocycles. The Morgan fingerprint density at radius 2 is 2.17 bits per heavy atom. The Hall–Kier alpha value is -2.63. The van der Waals surface area contributed by atoms with Crippen molar-refractivity contribution in [3.63, 3.8) is 0 Å². The number of rotatable bonds is 2. The Labute approximate surface area is 137 Å². The molecule has 0 aromatic carbocycles. The normalized spacial score (nSPS) is 11.3. The van der Waals surface area contributed by atoms with Crippen molar-refractivity contribution in [2.45, 2.75) is 11.8 Å². The SMILES string of the molecule is Cc1c(C#N)c2nnc(C(Cl)Cl)n2c2oc(=O)c(C(=O)O)cc12. The van der Waals surface area contributed by atoms with E-state index in [9.17, 15) is 14.9 Å². The van der Waals surface area contributed by atoms with Gasteiger partial charge in [-0.15, -0.1) is 10.2 Å². The van der Waals surface area contributed by atoms with Crippen molar-refractivity contribution in [3.05, 3.63) is 39.0 Å². The third kappa shape index (κ3) is 2.13. The Morgan fingerprint density at radius 3 is 2.74 bits per heavy atom. The smallest absolute Gasteiger partial charge is 0.352 e. The number of nitriles is 1. The Morgan fingerprint density at radius 1 is 1.48 bits per heavy atom. The summed E-state index contributed by atoms with van der Waals surface area (Å²) in [6.45, 7) is 1.58. The highest BCUT2D eigenvalue weighted by Crippen LogP contribution is 2.30. The number of hydrogen-bond acceptors (Lipinski definition) is 6. The largest absolute Gasteiger partial charge is 0.477 e. The van der Waals surface area contributed by atoms with Gasteiger partial charge in [-0.3, -0.25) is 0 Å². The van der Waals surface area contributed by atoms with Crippen LogP contribution in [-0.4, -0.2) is 25.7 Å². The van der Waals surface area contributed by atoms with Crippen molar-refractivity contribution in [3.8, 4) is 6.07 Å². The second kappa shape index (κ2) is 5.22. The van der Waals surface area contributed by atoms with Crippen LogP contribution in [0.4, 0.5) is 0 Å². The Balaban J connectivity index is 2.64. The predicted molar refractivity (Wildman–Crippen MR) is 79.9 cm³/mol. The van der Waals surface area contributed by atoms with Crippen LogP contribution < -0.4 is 5.63 Å². The van der Waals surface area contributed by atoms with E-state index in [0.29, 0.717) is 5.56 Å². The van der Waals surface area contributed by atoms with E-state index >= 15 is 0 Å². The van der Waals surface area contributed by atoms with Crippen LogP contribution in [0.1, 0.15) is 32.1 Å². The molecule has 0 aliphatic heterocycles. The topological polar surface area (TPSA) is 121 Å². The molecule has 1 N–H and O–H groups in total. The van der Waals surface area contributed by atoms with Crippen LogP contribution in [-0.2, 0) is 0 Å². The third-order valence-electron chi connectivity index (χ3n) is 3.36. The summed E-state index contributed by atoms with van der Waals surface area (Å²) in [5.74, 6) is -1.38. The van der Waals surface area contributed by atoms with Gasteiger partial charge < -0.3 is 9.52 Å². The number of nitrogens with zero attached hydrogens (tertiary/aromatic N) is 4. The molecule has 0 saturated carbocycles. The summed E-state index contributed by atoms with van der Waals surface area (Å²) in [5.41, 5.74) is -0.957. The lowest BCUT2D eigenvalue weighted by Gasteiger charge is -2.09. The van der Waals surface area contributed by atoms with Crippen molar-refractivity contribution >= 4 is 45.9 Å². The highest BCUT2D eigenvalue weighted by atomic mass is 35.5. The molecule has 10 heteroatoms. The van der Waals surface area contributed by atoms with E-state index in [0.717, 1.165) is 6.07 Å². The first-order valence-electron chi connectivity index (χ1n) is 6.13. The van der Waals surface area contributed by atoms with Crippen LogP contribution >= 0.6 is 23.2 Å². The Bertz CT molecular complexity index is 1080. The lowest BCUT2D eigenvalue weighted by Crippen LogP contribution is -2.14. The number of aryl methyl sites for hydroxylation is 1. The second-order valence-corrected chi connectivity index (χ2v) is 5.70. The van der Waals surface area contributed by atoms with Gasteiger partial charge in [-0.2, -0.15) is 5.26 Å². The molecule has 0 amide bonds. The monoisotopic (exact) mass is 352 g/mol. The number of halogens is 2. The molecule has 0 saturated heterocycles. The number of aromatic nitrogens is 3. The molecule has 0 bridgehead atoms. The van der Waals surface area contributed by atoms with E-state index in [4.69, 9.17) is 32.7 Å². The standard InChI is InChI=1S/C13H6Cl2N4O4/c1-4-5-2-6(12(20)21)13(22)23-11(5)19-9(7(4)3-16)17-18-10(19)8(14)15/h2,8H,1H3,(H,20,21). The number of carbonyl (C=O) groups is 1. The lowest BCUT2D eigenvalue weighted by atomic mass is 10.1. The predicted octanol–water partition coefficient (Wildman–Crippen LogP) is 2.19. The zero-order valence-electron chi connectivity index (χ0n) is 11.4. The molecule has 3 heterocycles. The summed E-state index contributed by atoms with van der Waals surface area (Å²) in [6.07, 6.45) is 0. The minimum absolute atomic E-state index is 0.0298. The molecule has 0 spiro atoms.